The lowest BCUT2D eigenvalue weighted by Gasteiger charge is -2.35. The number of carbonyl (C=O) groups excluding carboxylic acids is 1. The number of nitriles is 1. The lowest BCUT2D eigenvalue weighted by Crippen LogP contribution is -2.48. The maximum atomic E-state index is 12.7. The molecule has 2 rings (SSSR count). The van der Waals surface area contributed by atoms with Crippen LogP contribution in [0.15, 0.2) is 42.1 Å². The minimum atomic E-state index is -0.233. The van der Waals surface area contributed by atoms with Gasteiger partial charge in [0, 0.05) is 31.5 Å². The molecule has 23 heavy (non-hydrogen) atoms. The highest BCUT2D eigenvalue weighted by atomic mass is 16.5. The van der Waals surface area contributed by atoms with Crippen LogP contribution >= 0.6 is 0 Å². The number of amides is 1. The summed E-state index contributed by atoms with van der Waals surface area (Å²) in [5.41, 5.74) is 1.11. The molecule has 1 aliphatic heterocycles. The van der Waals surface area contributed by atoms with Gasteiger partial charge in [-0.3, -0.25) is 4.79 Å². The number of nitrogens with zero attached hydrogens (tertiary/aromatic N) is 3. The Labute approximate surface area is 137 Å². The fourth-order valence-corrected chi connectivity index (χ4v) is 2.77. The smallest absolute Gasteiger partial charge is 0.266 e. The van der Waals surface area contributed by atoms with Crippen LogP contribution in [0.5, 0.6) is 0 Å². The molecule has 1 heterocycles. The zero-order valence-corrected chi connectivity index (χ0v) is 13.9. The zero-order chi connectivity index (χ0) is 16.8. The van der Waals surface area contributed by atoms with Crippen molar-refractivity contribution in [3.05, 3.63) is 42.1 Å². The van der Waals surface area contributed by atoms with Crippen molar-refractivity contribution in [2.24, 2.45) is 0 Å². The summed E-state index contributed by atoms with van der Waals surface area (Å²) < 4.78 is 5.64. The Morgan fingerprint density at radius 1 is 1.35 bits per heavy atom. The van der Waals surface area contributed by atoms with Crippen LogP contribution in [0.2, 0.25) is 0 Å². The first-order valence-corrected chi connectivity index (χ1v) is 7.93. The number of ether oxygens (including phenoxy) is 1. The summed E-state index contributed by atoms with van der Waals surface area (Å²) in [6, 6.07) is 11.8. The third-order valence-corrected chi connectivity index (χ3v) is 3.77. The van der Waals surface area contributed by atoms with Crippen LogP contribution < -0.4 is 4.90 Å². The van der Waals surface area contributed by atoms with E-state index in [0.29, 0.717) is 19.6 Å². The molecule has 0 saturated carbocycles. The van der Waals surface area contributed by atoms with Crippen molar-refractivity contribution in [3.8, 4) is 6.07 Å². The second-order valence-corrected chi connectivity index (χ2v) is 5.74. The van der Waals surface area contributed by atoms with Crippen LogP contribution in [-0.2, 0) is 9.53 Å². The van der Waals surface area contributed by atoms with E-state index in [1.54, 1.807) is 11.1 Å². The maximum Gasteiger partial charge on any atom is 0.266 e. The lowest BCUT2D eigenvalue weighted by molar-refractivity contribution is -0.138. The van der Waals surface area contributed by atoms with Crippen LogP contribution in [0.4, 0.5) is 5.69 Å². The van der Waals surface area contributed by atoms with Gasteiger partial charge in [0.25, 0.3) is 5.91 Å². The molecule has 1 aromatic rings. The molecule has 0 bridgehead atoms. The molecular weight excluding hydrogens is 290 g/mol. The summed E-state index contributed by atoms with van der Waals surface area (Å²) in [4.78, 5) is 16.3. The maximum absolute atomic E-state index is 12.7. The van der Waals surface area contributed by atoms with E-state index in [9.17, 15) is 10.1 Å². The van der Waals surface area contributed by atoms with Gasteiger partial charge in [0.1, 0.15) is 11.6 Å². The Balaban J connectivity index is 2.20. The molecule has 0 aromatic heterocycles. The molecule has 0 spiro atoms. The van der Waals surface area contributed by atoms with E-state index in [4.69, 9.17) is 4.74 Å². The first kappa shape index (κ1) is 17.0. The first-order chi connectivity index (χ1) is 11.0. The highest BCUT2D eigenvalue weighted by Crippen LogP contribution is 2.17. The Bertz CT molecular complexity index is 596. The van der Waals surface area contributed by atoms with Gasteiger partial charge in [-0.2, -0.15) is 5.26 Å². The second-order valence-electron chi connectivity index (χ2n) is 5.74. The molecule has 2 unspecified atom stereocenters. The van der Waals surface area contributed by atoms with Crippen LogP contribution in [-0.4, -0.2) is 42.6 Å². The minimum Gasteiger partial charge on any atom is -0.372 e. The van der Waals surface area contributed by atoms with E-state index < -0.39 is 0 Å². The van der Waals surface area contributed by atoms with Crippen molar-refractivity contribution in [1.82, 2.24) is 4.90 Å². The zero-order valence-electron chi connectivity index (χ0n) is 13.9. The van der Waals surface area contributed by atoms with Gasteiger partial charge >= 0.3 is 0 Å². The molecule has 1 aromatic carbocycles. The van der Waals surface area contributed by atoms with Crippen molar-refractivity contribution in [1.29, 1.82) is 5.26 Å². The highest BCUT2D eigenvalue weighted by molar-refractivity contribution is 5.97. The van der Waals surface area contributed by atoms with Crippen molar-refractivity contribution in [2.45, 2.75) is 33.0 Å². The van der Waals surface area contributed by atoms with Crippen LogP contribution in [0.3, 0.4) is 0 Å². The summed E-state index contributed by atoms with van der Waals surface area (Å²) in [7, 11) is 0. The first-order valence-electron chi connectivity index (χ1n) is 7.93. The molecule has 1 fully saturated rings. The Morgan fingerprint density at radius 2 is 1.96 bits per heavy atom. The number of morpholine rings is 1. The van der Waals surface area contributed by atoms with E-state index in [0.717, 1.165) is 5.69 Å². The van der Waals surface area contributed by atoms with Gasteiger partial charge in [-0.1, -0.05) is 18.2 Å². The number of para-hydroxylation sites is 1. The predicted molar refractivity (Wildman–Crippen MR) is 89.7 cm³/mol. The number of hydrogen-bond acceptors (Lipinski definition) is 4. The van der Waals surface area contributed by atoms with E-state index in [2.05, 4.69) is 6.07 Å². The Hall–Kier alpha value is -2.32. The van der Waals surface area contributed by atoms with Gasteiger partial charge in [-0.25, -0.2) is 0 Å². The van der Waals surface area contributed by atoms with Gasteiger partial charge in [0.2, 0.25) is 0 Å². The van der Waals surface area contributed by atoms with E-state index in [1.165, 1.54) is 0 Å². The van der Waals surface area contributed by atoms with Crippen LogP contribution in [0.25, 0.3) is 0 Å². The number of rotatable bonds is 4. The standard InChI is InChI=1S/C18H23N3O2/c1-4-20(17-8-6-5-7-9-17)13-16(10-19)18(22)21-11-14(2)23-15(3)12-21/h5-9,13-15H,4,11-12H2,1-3H3/b16-13-. The summed E-state index contributed by atoms with van der Waals surface area (Å²) in [6.07, 6.45) is 1.61. The van der Waals surface area contributed by atoms with E-state index in [1.807, 2.05) is 56.0 Å². The quantitative estimate of drug-likeness (QED) is 0.633. The summed E-state index contributed by atoms with van der Waals surface area (Å²) in [5, 5.41) is 9.43. The molecule has 1 saturated heterocycles. The second kappa shape index (κ2) is 7.80. The average molecular weight is 313 g/mol. The number of benzene rings is 1. The summed E-state index contributed by atoms with van der Waals surface area (Å²) in [5.74, 6) is -0.233. The van der Waals surface area contributed by atoms with Gasteiger partial charge in [-0.15, -0.1) is 0 Å². The normalized spacial score (nSPS) is 21.7. The predicted octanol–water partition coefficient (Wildman–Crippen LogP) is 2.56. The summed E-state index contributed by atoms with van der Waals surface area (Å²) >= 11 is 0. The molecular formula is C18H23N3O2. The van der Waals surface area contributed by atoms with Crippen molar-refractivity contribution in [2.75, 3.05) is 24.5 Å². The molecule has 1 amide bonds. The molecule has 5 nitrogen and oxygen atoms in total. The highest BCUT2D eigenvalue weighted by Gasteiger charge is 2.28. The van der Waals surface area contributed by atoms with Crippen LogP contribution in [0.1, 0.15) is 20.8 Å². The van der Waals surface area contributed by atoms with Gasteiger partial charge in [0.15, 0.2) is 0 Å². The Morgan fingerprint density at radius 3 is 2.48 bits per heavy atom. The Kier molecular flexibility index (Phi) is 5.78. The monoisotopic (exact) mass is 313 g/mol. The number of anilines is 1. The fourth-order valence-electron chi connectivity index (χ4n) is 2.77. The molecule has 5 heteroatoms. The van der Waals surface area contributed by atoms with E-state index in [-0.39, 0.29) is 23.7 Å². The largest absolute Gasteiger partial charge is 0.372 e. The van der Waals surface area contributed by atoms with Gasteiger partial charge < -0.3 is 14.5 Å². The summed E-state index contributed by atoms with van der Waals surface area (Å²) in [6.45, 7) is 7.57. The molecule has 122 valence electrons. The van der Waals surface area contributed by atoms with Gasteiger partial charge in [-0.05, 0) is 32.9 Å². The van der Waals surface area contributed by atoms with E-state index >= 15 is 0 Å². The number of hydrogen-bond donors (Lipinski definition) is 0. The van der Waals surface area contributed by atoms with Crippen molar-refractivity contribution in [3.63, 3.8) is 0 Å². The molecule has 1 aliphatic rings. The molecule has 0 radical (unpaired) electrons. The SMILES string of the molecule is CCN(/C=C(/C#N)C(=O)N1CC(C)OC(C)C1)c1ccccc1. The van der Waals surface area contributed by atoms with Gasteiger partial charge in [0.05, 0.1) is 12.2 Å². The average Bonchev–Trinajstić information content (AvgIpc) is 2.55. The fraction of sp³-hybridized carbons (Fsp3) is 0.444. The third-order valence-electron chi connectivity index (χ3n) is 3.77. The topological polar surface area (TPSA) is 56.6 Å². The molecule has 0 N–H and O–H groups in total. The van der Waals surface area contributed by atoms with Crippen LogP contribution in [0, 0.1) is 11.3 Å². The molecule has 2 atom stereocenters. The van der Waals surface area contributed by atoms with Crippen molar-refractivity contribution >= 4 is 11.6 Å². The minimum absolute atomic E-state index is 0.0148. The third kappa shape index (κ3) is 4.33. The molecule has 0 aliphatic carbocycles. The number of carbonyl (C=O) groups is 1. The lowest BCUT2D eigenvalue weighted by atomic mass is 10.2. The van der Waals surface area contributed by atoms with Crippen molar-refractivity contribution < 1.29 is 9.53 Å².